The van der Waals surface area contributed by atoms with Crippen molar-refractivity contribution in [3.63, 3.8) is 0 Å². The predicted octanol–water partition coefficient (Wildman–Crippen LogP) is 4.42. The van der Waals surface area contributed by atoms with E-state index in [2.05, 4.69) is 22.5 Å². The molecule has 146 valence electrons. The fourth-order valence-corrected chi connectivity index (χ4v) is 3.12. The van der Waals surface area contributed by atoms with E-state index in [1.54, 1.807) is 6.20 Å². The van der Waals surface area contributed by atoms with Gasteiger partial charge in [-0.25, -0.2) is 0 Å². The van der Waals surface area contributed by atoms with Crippen LogP contribution in [0.3, 0.4) is 0 Å². The summed E-state index contributed by atoms with van der Waals surface area (Å²) in [7, 11) is 1.90. The van der Waals surface area contributed by atoms with Crippen LogP contribution in [0.15, 0.2) is 48.7 Å². The maximum absolute atomic E-state index is 12.7. The number of carbonyl (C=O) groups is 1. The average Bonchev–Trinajstić information content (AvgIpc) is 3.01. The summed E-state index contributed by atoms with van der Waals surface area (Å²) in [5, 5.41) is 7.30. The number of nitrogens with zero attached hydrogens (tertiary/aromatic N) is 2. The first kappa shape index (κ1) is 19.7. The zero-order chi connectivity index (χ0) is 20.3. The lowest BCUT2D eigenvalue weighted by atomic mass is 10.1. The minimum absolute atomic E-state index is 0.107. The van der Waals surface area contributed by atoms with Crippen molar-refractivity contribution < 1.29 is 9.53 Å². The number of amides is 1. The maximum Gasteiger partial charge on any atom is 0.251 e. The molecule has 1 heterocycles. The normalized spacial score (nSPS) is 11.9. The summed E-state index contributed by atoms with van der Waals surface area (Å²) in [6.45, 7) is 8.46. The molecule has 0 spiro atoms. The Hall–Kier alpha value is -3.08. The number of rotatable bonds is 6. The third-order valence-corrected chi connectivity index (χ3v) is 5.01. The van der Waals surface area contributed by atoms with Gasteiger partial charge in [-0.3, -0.25) is 9.48 Å². The molecule has 0 radical (unpaired) electrons. The molecule has 2 aromatic carbocycles. The first-order chi connectivity index (χ1) is 13.3. The molecule has 0 fully saturated rings. The van der Waals surface area contributed by atoms with E-state index >= 15 is 0 Å². The Morgan fingerprint density at radius 3 is 2.68 bits per heavy atom. The molecule has 1 unspecified atom stereocenters. The quantitative estimate of drug-likeness (QED) is 0.692. The van der Waals surface area contributed by atoms with Crippen LogP contribution in [0.5, 0.6) is 5.75 Å². The molecule has 0 aliphatic carbocycles. The van der Waals surface area contributed by atoms with Crippen LogP contribution in [-0.2, 0) is 13.7 Å². The number of aromatic nitrogens is 2. The van der Waals surface area contributed by atoms with Crippen LogP contribution in [0.4, 0.5) is 0 Å². The molecular formula is C23H27N3O2. The Kier molecular flexibility index (Phi) is 5.83. The van der Waals surface area contributed by atoms with E-state index in [9.17, 15) is 4.79 Å². The third kappa shape index (κ3) is 4.42. The van der Waals surface area contributed by atoms with E-state index in [0.29, 0.717) is 12.2 Å². The van der Waals surface area contributed by atoms with Gasteiger partial charge in [0.15, 0.2) is 0 Å². The zero-order valence-corrected chi connectivity index (χ0v) is 17.1. The number of carbonyl (C=O) groups excluding carboxylic acids is 1. The van der Waals surface area contributed by atoms with Gasteiger partial charge in [0.1, 0.15) is 12.4 Å². The second-order valence-electron chi connectivity index (χ2n) is 7.26. The summed E-state index contributed by atoms with van der Waals surface area (Å²) in [6.07, 6.45) is 1.80. The molecule has 1 amide bonds. The maximum atomic E-state index is 12.7. The number of benzene rings is 2. The Morgan fingerprint density at radius 1 is 1.18 bits per heavy atom. The van der Waals surface area contributed by atoms with Crippen LogP contribution >= 0.6 is 0 Å². The first-order valence-electron chi connectivity index (χ1n) is 9.43. The lowest BCUT2D eigenvalue weighted by Gasteiger charge is -2.15. The minimum atomic E-state index is -0.115. The highest BCUT2D eigenvalue weighted by Crippen LogP contribution is 2.21. The van der Waals surface area contributed by atoms with Gasteiger partial charge in [-0.1, -0.05) is 24.3 Å². The van der Waals surface area contributed by atoms with Crippen molar-refractivity contribution in [3.8, 4) is 5.75 Å². The number of hydrogen-bond acceptors (Lipinski definition) is 3. The standard InChI is InChI=1S/C23H27N3O2/c1-15-9-10-16(2)22(11-15)28-14-19-7-6-8-20(12-19)23(27)25-17(3)21-13-24-26(5)18(21)4/h6-13,17H,14H2,1-5H3,(H,25,27). The summed E-state index contributed by atoms with van der Waals surface area (Å²) >= 11 is 0. The molecule has 1 N–H and O–H groups in total. The van der Waals surface area contributed by atoms with Gasteiger partial charge in [-0.2, -0.15) is 5.10 Å². The van der Waals surface area contributed by atoms with E-state index in [-0.39, 0.29) is 11.9 Å². The van der Waals surface area contributed by atoms with Crippen molar-refractivity contribution in [1.82, 2.24) is 15.1 Å². The highest BCUT2D eigenvalue weighted by Gasteiger charge is 2.16. The summed E-state index contributed by atoms with van der Waals surface area (Å²) in [5.41, 5.74) is 5.90. The summed E-state index contributed by atoms with van der Waals surface area (Å²) in [4.78, 5) is 12.7. The van der Waals surface area contributed by atoms with E-state index in [4.69, 9.17) is 4.74 Å². The Labute approximate surface area is 166 Å². The molecular weight excluding hydrogens is 350 g/mol. The van der Waals surface area contributed by atoms with Crippen LogP contribution in [0.2, 0.25) is 0 Å². The van der Waals surface area contributed by atoms with E-state index in [0.717, 1.165) is 33.7 Å². The van der Waals surface area contributed by atoms with Crippen LogP contribution in [0.1, 0.15) is 51.3 Å². The van der Waals surface area contributed by atoms with Crippen LogP contribution in [0, 0.1) is 20.8 Å². The fourth-order valence-electron chi connectivity index (χ4n) is 3.12. The Balaban J connectivity index is 1.67. The lowest BCUT2D eigenvalue weighted by molar-refractivity contribution is 0.0939. The SMILES string of the molecule is Cc1ccc(C)c(OCc2cccc(C(=O)NC(C)c3cnn(C)c3C)c2)c1. The largest absolute Gasteiger partial charge is 0.489 e. The molecule has 5 heteroatoms. The molecule has 0 saturated carbocycles. The monoisotopic (exact) mass is 377 g/mol. The van der Waals surface area contributed by atoms with Crippen molar-refractivity contribution in [1.29, 1.82) is 0 Å². The molecule has 0 saturated heterocycles. The zero-order valence-electron chi connectivity index (χ0n) is 17.1. The summed E-state index contributed by atoms with van der Waals surface area (Å²) in [5.74, 6) is 0.764. The molecule has 0 bridgehead atoms. The predicted molar refractivity (Wildman–Crippen MR) is 111 cm³/mol. The fraction of sp³-hybridized carbons (Fsp3) is 0.304. The first-order valence-corrected chi connectivity index (χ1v) is 9.43. The van der Waals surface area contributed by atoms with Crippen LogP contribution in [-0.4, -0.2) is 15.7 Å². The lowest BCUT2D eigenvalue weighted by Crippen LogP contribution is -2.27. The number of nitrogens with one attached hydrogen (secondary N) is 1. The summed E-state index contributed by atoms with van der Waals surface area (Å²) < 4.78 is 7.77. The molecule has 28 heavy (non-hydrogen) atoms. The van der Waals surface area contributed by atoms with Crippen LogP contribution in [0.25, 0.3) is 0 Å². The molecule has 0 aliphatic heterocycles. The van der Waals surface area contributed by atoms with Crippen LogP contribution < -0.4 is 10.1 Å². The number of ether oxygens (including phenoxy) is 1. The van der Waals surface area contributed by atoms with Crippen molar-refractivity contribution in [2.24, 2.45) is 7.05 Å². The molecule has 3 aromatic rings. The third-order valence-electron chi connectivity index (χ3n) is 5.01. The van der Waals surface area contributed by atoms with Crippen molar-refractivity contribution in [2.45, 2.75) is 40.3 Å². The van der Waals surface area contributed by atoms with Gasteiger partial charge >= 0.3 is 0 Å². The van der Waals surface area contributed by atoms with E-state index < -0.39 is 0 Å². The van der Waals surface area contributed by atoms with E-state index in [1.807, 2.05) is 69.8 Å². The molecule has 1 aromatic heterocycles. The average molecular weight is 377 g/mol. The second kappa shape index (κ2) is 8.30. The van der Waals surface area contributed by atoms with Gasteiger partial charge in [-0.05, 0) is 62.6 Å². The highest BCUT2D eigenvalue weighted by molar-refractivity contribution is 5.94. The number of hydrogen-bond donors (Lipinski definition) is 1. The van der Waals surface area contributed by atoms with Gasteiger partial charge in [0, 0.05) is 23.9 Å². The van der Waals surface area contributed by atoms with Gasteiger partial charge in [0.2, 0.25) is 0 Å². The van der Waals surface area contributed by atoms with Gasteiger partial charge in [0.05, 0.1) is 12.2 Å². The molecule has 1 atom stereocenters. The van der Waals surface area contributed by atoms with Crippen molar-refractivity contribution in [3.05, 3.63) is 82.2 Å². The van der Waals surface area contributed by atoms with Crippen molar-refractivity contribution in [2.75, 3.05) is 0 Å². The van der Waals surface area contributed by atoms with Gasteiger partial charge in [-0.15, -0.1) is 0 Å². The molecule has 5 nitrogen and oxygen atoms in total. The smallest absolute Gasteiger partial charge is 0.251 e. The highest BCUT2D eigenvalue weighted by atomic mass is 16.5. The topological polar surface area (TPSA) is 56.1 Å². The Bertz CT molecular complexity index is 991. The minimum Gasteiger partial charge on any atom is -0.489 e. The second-order valence-corrected chi connectivity index (χ2v) is 7.26. The van der Waals surface area contributed by atoms with Gasteiger partial charge < -0.3 is 10.1 Å². The van der Waals surface area contributed by atoms with E-state index in [1.165, 1.54) is 0 Å². The van der Waals surface area contributed by atoms with Gasteiger partial charge in [0.25, 0.3) is 5.91 Å². The molecule has 3 rings (SSSR count). The summed E-state index contributed by atoms with van der Waals surface area (Å²) in [6, 6.07) is 13.6. The van der Waals surface area contributed by atoms with Crippen molar-refractivity contribution >= 4 is 5.91 Å². The number of aryl methyl sites for hydroxylation is 3. The Morgan fingerprint density at radius 2 is 1.96 bits per heavy atom. The molecule has 0 aliphatic rings.